The van der Waals surface area contributed by atoms with E-state index in [1.807, 2.05) is 0 Å². The fraction of sp³-hybridized carbons (Fsp3) is 0.959. The summed E-state index contributed by atoms with van der Waals surface area (Å²) in [6.45, 7) is 14.5. The minimum Gasteiger partial charge on any atom is -0.466 e. The quantitative estimate of drug-likeness (QED) is 0.0490. The predicted molar refractivity (Wildman–Crippen MR) is 237 cm³/mol. The second-order valence-corrected chi connectivity index (χ2v) is 17.7. The van der Waals surface area contributed by atoms with Crippen LogP contribution in [0.5, 0.6) is 0 Å². The van der Waals surface area contributed by atoms with Crippen LogP contribution in [0, 0.1) is 5.41 Å². The first-order valence-electron chi connectivity index (χ1n) is 24.5. The van der Waals surface area contributed by atoms with E-state index in [0.29, 0.717) is 13.0 Å². The maximum atomic E-state index is 13.4. The van der Waals surface area contributed by atoms with Crippen molar-refractivity contribution in [2.24, 2.45) is 5.41 Å². The summed E-state index contributed by atoms with van der Waals surface area (Å²) in [6, 6.07) is 0. The van der Waals surface area contributed by atoms with Crippen LogP contribution in [-0.4, -0.2) is 60.9 Å². The summed E-state index contributed by atoms with van der Waals surface area (Å²) in [5.41, 5.74) is -0.434. The summed E-state index contributed by atoms with van der Waals surface area (Å²) < 4.78 is 11.7. The number of hydrogen-bond donors (Lipinski definition) is 1. The smallest absolute Gasteiger partial charge is 0.311 e. The second kappa shape index (κ2) is 41.0. The van der Waals surface area contributed by atoms with Crippen molar-refractivity contribution < 1.29 is 24.2 Å². The molecule has 0 amide bonds. The van der Waals surface area contributed by atoms with E-state index in [4.69, 9.17) is 9.47 Å². The van der Waals surface area contributed by atoms with Crippen molar-refractivity contribution in [2.45, 2.75) is 265 Å². The Balaban J connectivity index is 4.20. The molecule has 0 spiro atoms. The first-order chi connectivity index (χ1) is 26.8. The van der Waals surface area contributed by atoms with Crippen molar-refractivity contribution in [3.05, 3.63) is 0 Å². The van der Waals surface area contributed by atoms with Crippen LogP contribution in [0.3, 0.4) is 0 Å². The molecule has 1 N–H and O–H groups in total. The minimum absolute atomic E-state index is 0.00705. The van der Waals surface area contributed by atoms with Crippen LogP contribution >= 0.6 is 0 Å². The van der Waals surface area contributed by atoms with E-state index in [9.17, 15) is 14.7 Å². The molecule has 0 bridgehead atoms. The maximum Gasteiger partial charge on any atom is 0.311 e. The Morgan fingerprint density at radius 3 is 1.38 bits per heavy atom. The van der Waals surface area contributed by atoms with Crippen LogP contribution in [0.15, 0.2) is 0 Å². The summed E-state index contributed by atoms with van der Waals surface area (Å²) in [4.78, 5) is 27.8. The van der Waals surface area contributed by atoms with Gasteiger partial charge in [-0.2, -0.15) is 0 Å². The van der Waals surface area contributed by atoms with Crippen molar-refractivity contribution in [2.75, 3.05) is 32.8 Å². The summed E-state index contributed by atoms with van der Waals surface area (Å²) in [7, 11) is 0. The summed E-state index contributed by atoms with van der Waals surface area (Å²) in [5, 5.41) is 9.62. The highest BCUT2D eigenvalue weighted by atomic mass is 16.5. The van der Waals surface area contributed by atoms with E-state index >= 15 is 0 Å². The van der Waals surface area contributed by atoms with Gasteiger partial charge in [-0.05, 0) is 84.7 Å². The van der Waals surface area contributed by atoms with Gasteiger partial charge in [-0.15, -0.1) is 0 Å². The topological polar surface area (TPSA) is 76.1 Å². The predicted octanol–water partition coefficient (Wildman–Crippen LogP) is 14.5. The van der Waals surface area contributed by atoms with E-state index in [1.165, 1.54) is 141 Å². The number of esters is 2. The highest BCUT2D eigenvalue weighted by Gasteiger charge is 2.30. The molecule has 0 atom stereocenters. The molecule has 0 saturated heterocycles. The number of rotatable bonds is 44. The Kier molecular flexibility index (Phi) is 40.2. The molecular weight excluding hydrogens is 683 g/mol. The van der Waals surface area contributed by atoms with E-state index in [-0.39, 0.29) is 24.6 Å². The summed E-state index contributed by atoms with van der Waals surface area (Å²) in [6.07, 6.45) is 41.7. The van der Waals surface area contributed by atoms with Gasteiger partial charge in [0.1, 0.15) is 6.10 Å². The van der Waals surface area contributed by atoms with Crippen LogP contribution < -0.4 is 0 Å². The first kappa shape index (κ1) is 53.9. The van der Waals surface area contributed by atoms with E-state index in [2.05, 4.69) is 39.5 Å². The van der Waals surface area contributed by atoms with Crippen LogP contribution in [0.4, 0.5) is 0 Å². The van der Waals surface area contributed by atoms with Crippen LogP contribution in [0.25, 0.3) is 0 Å². The average molecular weight is 780 g/mol. The Hall–Kier alpha value is -1.14. The number of carbonyl (C=O) groups excluding carboxylic acids is 2. The molecule has 6 heteroatoms. The third-order valence-electron chi connectivity index (χ3n) is 11.6. The fourth-order valence-electron chi connectivity index (χ4n) is 7.70. The van der Waals surface area contributed by atoms with Gasteiger partial charge in [0.2, 0.25) is 0 Å². The van der Waals surface area contributed by atoms with Gasteiger partial charge in [0.05, 0.1) is 18.6 Å². The molecule has 0 aliphatic rings. The maximum absolute atomic E-state index is 13.4. The van der Waals surface area contributed by atoms with Crippen molar-refractivity contribution in [1.29, 1.82) is 0 Å². The molecule has 6 nitrogen and oxygen atoms in total. The SMILES string of the molecule is CCCCCCCCCCC(=O)OCCCCCCCN(CCO)CCCCCCC(C)(C)C(=O)OC(CCCCCCCCC)CCCCCCCCC. The monoisotopic (exact) mass is 780 g/mol. The molecule has 0 aromatic heterocycles. The highest BCUT2D eigenvalue weighted by Crippen LogP contribution is 2.28. The normalized spacial score (nSPS) is 11.9. The van der Waals surface area contributed by atoms with Crippen LogP contribution in [-0.2, 0) is 19.1 Å². The third kappa shape index (κ3) is 36.9. The van der Waals surface area contributed by atoms with Gasteiger partial charge >= 0.3 is 11.9 Å². The first-order valence-corrected chi connectivity index (χ1v) is 24.5. The highest BCUT2D eigenvalue weighted by molar-refractivity contribution is 5.76. The number of nitrogens with zero attached hydrogens (tertiary/aromatic N) is 1. The van der Waals surface area contributed by atoms with Crippen LogP contribution in [0.1, 0.15) is 259 Å². The van der Waals surface area contributed by atoms with Crippen molar-refractivity contribution >= 4 is 11.9 Å². The molecule has 0 aliphatic carbocycles. The molecule has 0 aromatic carbocycles. The number of unbranched alkanes of at least 4 members (excludes halogenated alkanes) is 26. The van der Waals surface area contributed by atoms with Crippen molar-refractivity contribution in [3.8, 4) is 0 Å². The lowest BCUT2D eigenvalue weighted by Gasteiger charge is -2.27. The van der Waals surface area contributed by atoms with E-state index in [0.717, 1.165) is 96.7 Å². The van der Waals surface area contributed by atoms with Gasteiger partial charge in [0, 0.05) is 13.0 Å². The molecule has 0 unspecified atom stereocenters. The molecule has 0 saturated carbocycles. The van der Waals surface area contributed by atoms with Gasteiger partial charge in [0.15, 0.2) is 0 Å². The Morgan fingerprint density at radius 1 is 0.509 bits per heavy atom. The minimum atomic E-state index is -0.434. The average Bonchev–Trinajstić information content (AvgIpc) is 3.17. The molecule has 0 aliphatic heterocycles. The molecule has 0 rings (SSSR count). The Bertz CT molecular complexity index is 799. The second-order valence-electron chi connectivity index (χ2n) is 17.7. The molecule has 55 heavy (non-hydrogen) atoms. The number of hydrogen-bond acceptors (Lipinski definition) is 6. The fourth-order valence-corrected chi connectivity index (χ4v) is 7.70. The zero-order valence-corrected chi connectivity index (χ0v) is 37.9. The van der Waals surface area contributed by atoms with Gasteiger partial charge in [-0.3, -0.25) is 9.59 Å². The Labute approximate surface area is 343 Å². The van der Waals surface area contributed by atoms with E-state index in [1.54, 1.807) is 0 Å². The molecule has 0 fully saturated rings. The van der Waals surface area contributed by atoms with Crippen molar-refractivity contribution in [3.63, 3.8) is 0 Å². The zero-order chi connectivity index (χ0) is 40.5. The lowest BCUT2D eigenvalue weighted by Crippen LogP contribution is -2.31. The molecule has 0 radical (unpaired) electrons. The van der Waals surface area contributed by atoms with Gasteiger partial charge in [-0.25, -0.2) is 0 Å². The number of ether oxygens (including phenoxy) is 2. The lowest BCUT2D eigenvalue weighted by atomic mass is 9.86. The summed E-state index contributed by atoms with van der Waals surface area (Å²) in [5.74, 6) is -0.0173. The third-order valence-corrected chi connectivity index (χ3v) is 11.6. The molecule has 328 valence electrons. The lowest BCUT2D eigenvalue weighted by molar-refractivity contribution is -0.161. The zero-order valence-electron chi connectivity index (χ0n) is 37.9. The number of carbonyl (C=O) groups is 2. The van der Waals surface area contributed by atoms with E-state index < -0.39 is 5.41 Å². The molecular formula is C49H97NO5. The molecule has 0 aromatic rings. The summed E-state index contributed by atoms with van der Waals surface area (Å²) >= 11 is 0. The van der Waals surface area contributed by atoms with Crippen LogP contribution in [0.2, 0.25) is 0 Å². The van der Waals surface area contributed by atoms with Crippen molar-refractivity contribution in [1.82, 2.24) is 4.90 Å². The number of aliphatic hydroxyl groups is 1. The Morgan fingerprint density at radius 2 is 0.909 bits per heavy atom. The van der Waals surface area contributed by atoms with Gasteiger partial charge in [0.25, 0.3) is 0 Å². The standard InChI is InChI=1S/C49H97NO5/c1-6-9-12-15-18-21-25-32-39-47(52)54-45-36-29-22-27-34-41-50(43-44-51)42-35-28-26-33-40-49(4,5)48(53)55-46(37-30-23-19-16-13-10-7-2)38-31-24-20-17-14-11-8-3/h46,51H,6-45H2,1-5H3. The van der Waals surface area contributed by atoms with Gasteiger partial charge in [-0.1, -0.05) is 181 Å². The largest absolute Gasteiger partial charge is 0.466 e. The molecule has 0 heterocycles. The van der Waals surface area contributed by atoms with Gasteiger partial charge < -0.3 is 19.5 Å². The number of aliphatic hydroxyl groups excluding tert-OH is 1.